The third kappa shape index (κ3) is 3.12. The summed E-state index contributed by atoms with van der Waals surface area (Å²) in [7, 11) is 0. The number of aliphatic hydroxyl groups excluding tert-OH is 1. The van der Waals surface area contributed by atoms with E-state index >= 15 is 0 Å². The molecule has 0 fully saturated rings. The summed E-state index contributed by atoms with van der Waals surface area (Å²) in [6, 6.07) is 0. The molecule has 0 atom stereocenters. The van der Waals surface area contributed by atoms with Gasteiger partial charge in [-0.1, -0.05) is 13.3 Å². The molecular weight excluding hydrogens is 200 g/mol. The third-order valence-electron chi connectivity index (χ3n) is 1.85. The van der Waals surface area contributed by atoms with E-state index in [1.165, 1.54) is 11.5 Å². The molecular formula is C8H16N4OS. The lowest BCUT2D eigenvalue weighted by Gasteiger charge is -2.19. The molecule has 0 saturated heterocycles. The highest BCUT2D eigenvalue weighted by Crippen LogP contribution is 2.18. The van der Waals surface area contributed by atoms with Crippen LogP contribution in [-0.4, -0.2) is 34.2 Å². The minimum Gasteiger partial charge on any atom is -0.395 e. The van der Waals surface area contributed by atoms with Crippen molar-refractivity contribution in [3.05, 3.63) is 0 Å². The standard InChI is InChI=1S/C8H16N4OS/c1-2-3-4-12(5-6-13)8-10-7(9)11-14-8/h13H,2-6H2,1H3,(H2,9,11). The molecule has 1 rings (SSSR count). The van der Waals surface area contributed by atoms with E-state index in [1.807, 2.05) is 4.90 Å². The zero-order valence-electron chi connectivity index (χ0n) is 8.31. The Hall–Kier alpha value is -0.880. The van der Waals surface area contributed by atoms with Crippen LogP contribution in [-0.2, 0) is 0 Å². The van der Waals surface area contributed by atoms with Crippen LogP contribution < -0.4 is 10.6 Å². The van der Waals surface area contributed by atoms with Gasteiger partial charge in [0.15, 0.2) is 0 Å². The molecule has 5 nitrogen and oxygen atoms in total. The predicted octanol–water partition coefficient (Wildman–Crippen LogP) is 0.719. The summed E-state index contributed by atoms with van der Waals surface area (Å²) in [5.74, 6) is 0.310. The lowest BCUT2D eigenvalue weighted by Crippen LogP contribution is -2.27. The summed E-state index contributed by atoms with van der Waals surface area (Å²) >= 11 is 1.28. The Morgan fingerprint density at radius 3 is 2.79 bits per heavy atom. The molecule has 0 bridgehead atoms. The van der Waals surface area contributed by atoms with Crippen molar-refractivity contribution in [1.29, 1.82) is 0 Å². The number of hydrogen-bond acceptors (Lipinski definition) is 6. The van der Waals surface area contributed by atoms with Gasteiger partial charge in [0.05, 0.1) is 6.61 Å². The van der Waals surface area contributed by atoms with Crippen LogP contribution in [0.25, 0.3) is 0 Å². The Labute approximate surface area is 87.7 Å². The fourth-order valence-electron chi connectivity index (χ4n) is 1.13. The summed E-state index contributed by atoms with van der Waals surface area (Å²) < 4.78 is 3.91. The molecule has 0 unspecified atom stereocenters. The highest BCUT2D eigenvalue weighted by Gasteiger charge is 2.09. The first kappa shape index (κ1) is 11.2. The number of hydrogen-bond donors (Lipinski definition) is 2. The molecule has 0 aliphatic rings. The Kier molecular flexibility index (Phi) is 4.61. The zero-order chi connectivity index (χ0) is 10.4. The maximum atomic E-state index is 8.89. The molecule has 0 aromatic carbocycles. The number of aliphatic hydroxyl groups is 1. The zero-order valence-corrected chi connectivity index (χ0v) is 9.13. The molecule has 6 heteroatoms. The van der Waals surface area contributed by atoms with Gasteiger partial charge in [0.2, 0.25) is 11.1 Å². The second kappa shape index (κ2) is 5.77. The first-order chi connectivity index (χ1) is 6.77. The quantitative estimate of drug-likeness (QED) is 0.733. The number of rotatable bonds is 6. The van der Waals surface area contributed by atoms with Gasteiger partial charge in [-0.05, 0) is 6.42 Å². The van der Waals surface area contributed by atoms with Crippen LogP contribution >= 0.6 is 11.5 Å². The van der Waals surface area contributed by atoms with Crippen molar-refractivity contribution in [2.24, 2.45) is 0 Å². The first-order valence-electron chi connectivity index (χ1n) is 4.73. The molecule has 0 saturated carbocycles. The van der Waals surface area contributed by atoms with Crippen molar-refractivity contribution in [3.63, 3.8) is 0 Å². The van der Waals surface area contributed by atoms with Gasteiger partial charge in [-0.15, -0.1) is 0 Å². The van der Waals surface area contributed by atoms with Crippen molar-refractivity contribution >= 4 is 22.6 Å². The highest BCUT2D eigenvalue weighted by atomic mass is 32.1. The van der Waals surface area contributed by atoms with Crippen molar-refractivity contribution in [3.8, 4) is 0 Å². The van der Waals surface area contributed by atoms with Crippen LogP contribution in [0.5, 0.6) is 0 Å². The SMILES string of the molecule is CCCCN(CCO)c1nc(N)ns1. The molecule has 3 N–H and O–H groups in total. The van der Waals surface area contributed by atoms with Crippen molar-refractivity contribution in [2.45, 2.75) is 19.8 Å². The van der Waals surface area contributed by atoms with E-state index in [1.54, 1.807) is 0 Å². The number of nitrogens with two attached hydrogens (primary N) is 1. The Morgan fingerprint density at radius 1 is 1.50 bits per heavy atom. The molecule has 0 spiro atoms. The Balaban J connectivity index is 2.57. The second-order valence-electron chi connectivity index (χ2n) is 3.00. The van der Waals surface area contributed by atoms with E-state index < -0.39 is 0 Å². The number of nitrogen functional groups attached to an aromatic ring is 1. The smallest absolute Gasteiger partial charge is 0.233 e. The van der Waals surface area contributed by atoms with Gasteiger partial charge in [0, 0.05) is 24.6 Å². The van der Waals surface area contributed by atoms with Crippen LogP contribution in [0, 0.1) is 0 Å². The van der Waals surface area contributed by atoms with Crippen LogP contribution in [0.15, 0.2) is 0 Å². The summed E-state index contributed by atoms with van der Waals surface area (Å²) in [5, 5.41) is 9.68. The maximum absolute atomic E-state index is 8.89. The van der Waals surface area contributed by atoms with Gasteiger partial charge in [-0.2, -0.15) is 9.36 Å². The monoisotopic (exact) mass is 216 g/mol. The molecule has 80 valence electrons. The van der Waals surface area contributed by atoms with Gasteiger partial charge in [0.25, 0.3) is 0 Å². The van der Waals surface area contributed by atoms with Gasteiger partial charge < -0.3 is 15.7 Å². The average molecular weight is 216 g/mol. The van der Waals surface area contributed by atoms with E-state index in [0.717, 1.165) is 24.5 Å². The minimum atomic E-state index is 0.128. The molecule has 1 aromatic rings. The molecule has 0 aliphatic carbocycles. The van der Waals surface area contributed by atoms with E-state index in [0.29, 0.717) is 12.5 Å². The summed E-state index contributed by atoms with van der Waals surface area (Å²) in [6.45, 7) is 3.75. The lowest BCUT2D eigenvalue weighted by molar-refractivity contribution is 0.301. The summed E-state index contributed by atoms with van der Waals surface area (Å²) in [6.07, 6.45) is 2.20. The molecule has 1 aromatic heterocycles. The largest absolute Gasteiger partial charge is 0.395 e. The number of nitrogens with zero attached hydrogens (tertiary/aromatic N) is 3. The highest BCUT2D eigenvalue weighted by molar-refractivity contribution is 7.09. The minimum absolute atomic E-state index is 0.128. The van der Waals surface area contributed by atoms with Crippen LogP contribution in [0.4, 0.5) is 11.1 Å². The molecule has 0 aliphatic heterocycles. The maximum Gasteiger partial charge on any atom is 0.233 e. The fourth-order valence-corrected chi connectivity index (χ4v) is 1.78. The number of aromatic nitrogens is 2. The van der Waals surface area contributed by atoms with E-state index in [-0.39, 0.29) is 6.61 Å². The van der Waals surface area contributed by atoms with Crippen LogP contribution in [0.1, 0.15) is 19.8 Å². The predicted molar refractivity (Wildman–Crippen MR) is 58.5 cm³/mol. The Morgan fingerprint density at radius 2 is 2.29 bits per heavy atom. The van der Waals surface area contributed by atoms with E-state index in [2.05, 4.69) is 16.3 Å². The summed E-state index contributed by atoms with van der Waals surface area (Å²) in [5.41, 5.74) is 5.44. The number of anilines is 2. The van der Waals surface area contributed by atoms with E-state index in [4.69, 9.17) is 10.8 Å². The summed E-state index contributed by atoms with van der Waals surface area (Å²) in [4.78, 5) is 6.09. The third-order valence-corrected chi connectivity index (χ3v) is 2.64. The van der Waals surface area contributed by atoms with Crippen molar-refractivity contribution in [2.75, 3.05) is 30.3 Å². The van der Waals surface area contributed by atoms with Gasteiger partial charge in [-0.25, -0.2) is 0 Å². The average Bonchev–Trinajstić information content (AvgIpc) is 2.59. The first-order valence-corrected chi connectivity index (χ1v) is 5.50. The van der Waals surface area contributed by atoms with Gasteiger partial charge in [-0.3, -0.25) is 0 Å². The molecule has 0 amide bonds. The topological polar surface area (TPSA) is 75.3 Å². The lowest BCUT2D eigenvalue weighted by atomic mass is 10.3. The van der Waals surface area contributed by atoms with E-state index in [9.17, 15) is 0 Å². The normalized spacial score (nSPS) is 10.4. The van der Waals surface area contributed by atoms with Gasteiger partial charge in [0.1, 0.15) is 0 Å². The fraction of sp³-hybridized carbons (Fsp3) is 0.750. The molecule has 0 radical (unpaired) electrons. The Bertz CT molecular complexity index is 266. The van der Waals surface area contributed by atoms with Crippen LogP contribution in [0.2, 0.25) is 0 Å². The second-order valence-corrected chi connectivity index (χ2v) is 3.73. The van der Waals surface area contributed by atoms with Crippen LogP contribution in [0.3, 0.4) is 0 Å². The molecule has 1 heterocycles. The van der Waals surface area contributed by atoms with Gasteiger partial charge >= 0.3 is 0 Å². The number of unbranched alkanes of at least 4 members (excludes halogenated alkanes) is 1. The molecule has 14 heavy (non-hydrogen) atoms. The van der Waals surface area contributed by atoms with Crippen molar-refractivity contribution < 1.29 is 5.11 Å². The van der Waals surface area contributed by atoms with Crippen molar-refractivity contribution in [1.82, 2.24) is 9.36 Å².